The number of aryl methyl sites for hydroxylation is 2. The number of benzene rings is 1. The lowest BCUT2D eigenvalue weighted by Gasteiger charge is -1.96. The number of imidazole rings is 1. The second-order valence-corrected chi connectivity index (χ2v) is 4.00. The Balaban J connectivity index is 2.33. The van der Waals surface area contributed by atoms with Crippen LogP contribution in [-0.4, -0.2) is 21.7 Å². The summed E-state index contributed by atoms with van der Waals surface area (Å²) in [6.45, 7) is 4.18. The predicted molar refractivity (Wildman–Crippen MR) is 64.3 cm³/mol. The van der Waals surface area contributed by atoms with Crippen molar-refractivity contribution in [2.24, 2.45) is 0 Å². The molecule has 84 valence electrons. The van der Waals surface area contributed by atoms with Gasteiger partial charge in [0, 0.05) is 24.3 Å². The number of rotatable bonds is 3. The predicted octanol–water partition coefficient (Wildman–Crippen LogP) is 2.23. The topological polar surface area (TPSA) is 48.9 Å². The molecule has 0 aliphatic carbocycles. The van der Waals surface area contributed by atoms with Crippen molar-refractivity contribution in [2.45, 2.75) is 20.3 Å². The maximum absolute atomic E-state index is 8.91. The third-order valence-electron chi connectivity index (χ3n) is 2.66. The van der Waals surface area contributed by atoms with E-state index >= 15 is 0 Å². The van der Waals surface area contributed by atoms with Crippen LogP contribution < -0.4 is 0 Å². The molecule has 2 N–H and O–H groups in total. The fourth-order valence-corrected chi connectivity index (χ4v) is 1.69. The quantitative estimate of drug-likeness (QED) is 0.826. The summed E-state index contributed by atoms with van der Waals surface area (Å²) in [4.78, 5) is 7.73. The molecule has 0 unspecified atom stereocenters. The van der Waals surface area contributed by atoms with Crippen molar-refractivity contribution in [3.63, 3.8) is 0 Å². The molecule has 0 bridgehead atoms. The van der Waals surface area contributed by atoms with Gasteiger partial charge in [-0.15, -0.1) is 0 Å². The molecular formula is C13H16N2O. The van der Waals surface area contributed by atoms with Gasteiger partial charge in [0.2, 0.25) is 0 Å². The maximum atomic E-state index is 8.91. The van der Waals surface area contributed by atoms with E-state index in [-0.39, 0.29) is 6.61 Å². The summed E-state index contributed by atoms with van der Waals surface area (Å²) in [5, 5.41) is 8.91. The van der Waals surface area contributed by atoms with Crippen molar-refractivity contribution in [3.8, 4) is 11.4 Å². The van der Waals surface area contributed by atoms with E-state index in [1.165, 1.54) is 5.56 Å². The second-order valence-electron chi connectivity index (χ2n) is 4.00. The van der Waals surface area contributed by atoms with Crippen molar-refractivity contribution in [1.82, 2.24) is 9.97 Å². The molecule has 0 aliphatic rings. The lowest BCUT2D eigenvalue weighted by atomic mass is 10.1. The van der Waals surface area contributed by atoms with Crippen molar-refractivity contribution < 1.29 is 5.11 Å². The van der Waals surface area contributed by atoms with E-state index < -0.39 is 0 Å². The molecule has 0 amide bonds. The highest BCUT2D eigenvalue weighted by Gasteiger charge is 2.07. The van der Waals surface area contributed by atoms with Crippen LogP contribution in [0.4, 0.5) is 0 Å². The number of aromatic nitrogens is 2. The van der Waals surface area contributed by atoms with Crippen LogP contribution in [0.2, 0.25) is 0 Å². The summed E-state index contributed by atoms with van der Waals surface area (Å²) in [5.41, 5.74) is 4.29. The molecule has 2 aromatic rings. The van der Waals surface area contributed by atoms with E-state index in [4.69, 9.17) is 5.11 Å². The first kappa shape index (κ1) is 10.9. The molecule has 0 saturated carbocycles. The van der Waals surface area contributed by atoms with Crippen LogP contribution in [0.5, 0.6) is 0 Å². The molecule has 0 radical (unpaired) electrons. The number of aliphatic hydroxyl groups is 1. The Hall–Kier alpha value is -1.61. The van der Waals surface area contributed by atoms with Gasteiger partial charge in [-0.1, -0.05) is 29.8 Å². The molecule has 0 saturated heterocycles. The first-order chi connectivity index (χ1) is 7.70. The average Bonchev–Trinajstić information content (AvgIpc) is 2.62. The number of hydrogen-bond acceptors (Lipinski definition) is 2. The summed E-state index contributed by atoms with van der Waals surface area (Å²) < 4.78 is 0. The molecule has 3 heteroatoms. The fraction of sp³-hybridized carbons (Fsp3) is 0.308. The van der Waals surface area contributed by atoms with Gasteiger partial charge in [0.15, 0.2) is 0 Å². The monoisotopic (exact) mass is 216 g/mol. The SMILES string of the molecule is Cc1ccc(-c2nc(CCO)c(C)[nH]2)cc1. The van der Waals surface area contributed by atoms with Crippen LogP contribution >= 0.6 is 0 Å². The molecule has 3 nitrogen and oxygen atoms in total. The Kier molecular flexibility index (Phi) is 3.06. The number of aromatic amines is 1. The van der Waals surface area contributed by atoms with Crippen LogP contribution in [-0.2, 0) is 6.42 Å². The van der Waals surface area contributed by atoms with E-state index in [0.29, 0.717) is 6.42 Å². The van der Waals surface area contributed by atoms with Crippen molar-refractivity contribution >= 4 is 0 Å². The molecule has 2 rings (SSSR count). The van der Waals surface area contributed by atoms with Gasteiger partial charge >= 0.3 is 0 Å². The normalized spacial score (nSPS) is 10.7. The highest BCUT2D eigenvalue weighted by molar-refractivity contribution is 5.56. The van der Waals surface area contributed by atoms with Crippen molar-refractivity contribution in [2.75, 3.05) is 6.61 Å². The van der Waals surface area contributed by atoms with Crippen LogP contribution in [0.3, 0.4) is 0 Å². The molecule has 0 fully saturated rings. The van der Waals surface area contributed by atoms with Crippen molar-refractivity contribution in [1.29, 1.82) is 0 Å². The van der Waals surface area contributed by atoms with E-state index in [0.717, 1.165) is 22.8 Å². The number of H-pyrrole nitrogens is 1. The third kappa shape index (κ3) is 2.14. The molecular weight excluding hydrogens is 200 g/mol. The number of hydrogen-bond donors (Lipinski definition) is 2. The van der Waals surface area contributed by atoms with Gasteiger partial charge in [-0.3, -0.25) is 0 Å². The summed E-state index contributed by atoms with van der Waals surface area (Å²) >= 11 is 0. The minimum Gasteiger partial charge on any atom is -0.396 e. The van der Waals surface area contributed by atoms with Gasteiger partial charge < -0.3 is 10.1 Å². The van der Waals surface area contributed by atoms with Gasteiger partial charge in [0.25, 0.3) is 0 Å². The zero-order valence-electron chi connectivity index (χ0n) is 9.62. The Morgan fingerprint density at radius 3 is 2.50 bits per heavy atom. The Morgan fingerprint density at radius 1 is 1.19 bits per heavy atom. The second kappa shape index (κ2) is 4.49. The first-order valence-corrected chi connectivity index (χ1v) is 5.44. The number of nitrogens with one attached hydrogen (secondary N) is 1. The molecule has 0 atom stereocenters. The van der Waals surface area contributed by atoms with Crippen LogP contribution in [0.25, 0.3) is 11.4 Å². The van der Waals surface area contributed by atoms with E-state index in [1.54, 1.807) is 0 Å². The van der Waals surface area contributed by atoms with E-state index in [1.807, 2.05) is 6.92 Å². The molecule has 0 aliphatic heterocycles. The van der Waals surface area contributed by atoms with Crippen LogP contribution in [0.1, 0.15) is 17.0 Å². The minimum absolute atomic E-state index is 0.138. The summed E-state index contributed by atoms with van der Waals surface area (Å²) in [6, 6.07) is 8.24. The van der Waals surface area contributed by atoms with Gasteiger partial charge in [0.1, 0.15) is 5.82 Å². The zero-order valence-corrected chi connectivity index (χ0v) is 9.62. The Labute approximate surface area is 95.2 Å². The van der Waals surface area contributed by atoms with Crippen molar-refractivity contribution in [3.05, 3.63) is 41.2 Å². The van der Waals surface area contributed by atoms with Gasteiger partial charge in [-0.25, -0.2) is 4.98 Å². The minimum atomic E-state index is 0.138. The van der Waals surface area contributed by atoms with Crippen LogP contribution in [0.15, 0.2) is 24.3 Å². The van der Waals surface area contributed by atoms with E-state index in [9.17, 15) is 0 Å². The standard InChI is InChI=1S/C13H16N2O/c1-9-3-5-11(6-4-9)13-14-10(2)12(15-13)7-8-16/h3-6,16H,7-8H2,1-2H3,(H,14,15). The molecule has 1 aromatic heterocycles. The van der Waals surface area contributed by atoms with Crippen LogP contribution in [0, 0.1) is 13.8 Å². The molecule has 1 heterocycles. The summed E-state index contributed by atoms with van der Waals surface area (Å²) in [6.07, 6.45) is 0.605. The highest BCUT2D eigenvalue weighted by atomic mass is 16.3. The van der Waals surface area contributed by atoms with Gasteiger partial charge in [-0.05, 0) is 13.8 Å². The van der Waals surface area contributed by atoms with Gasteiger partial charge in [0.05, 0.1) is 5.69 Å². The third-order valence-corrected chi connectivity index (χ3v) is 2.66. The first-order valence-electron chi connectivity index (χ1n) is 5.44. The molecule has 1 aromatic carbocycles. The summed E-state index contributed by atoms with van der Waals surface area (Å²) in [7, 11) is 0. The maximum Gasteiger partial charge on any atom is 0.137 e. The molecule has 16 heavy (non-hydrogen) atoms. The number of aliphatic hydroxyl groups excluding tert-OH is 1. The summed E-state index contributed by atoms with van der Waals surface area (Å²) in [5.74, 6) is 0.876. The van der Waals surface area contributed by atoms with E-state index in [2.05, 4.69) is 41.2 Å². The average molecular weight is 216 g/mol. The smallest absolute Gasteiger partial charge is 0.137 e. The van der Waals surface area contributed by atoms with Gasteiger partial charge in [-0.2, -0.15) is 0 Å². The number of nitrogens with zero attached hydrogens (tertiary/aromatic N) is 1. The highest BCUT2D eigenvalue weighted by Crippen LogP contribution is 2.18. The Bertz CT molecular complexity index is 471. The zero-order chi connectivity index (χ0) is 11.5. The lowest BCUT2D eigenvalue weighted by Crippen LogP contribution is -1.92. The lowest BCUT2D eigenvalue weighted by molar-refractivity contribution is 0.298. The Morgan fingerprint density at radius 2 is 1.88 bits per heavy atom. The largest absolute Gasteiger partial charge is 0.396 e. The molecule has 0 spiro atoms. The fourth-order valence-electron chi connectivity index (χ4n) is 1.69.